The van der Waals surface area contributed by atoms with Gasteiger partial charge in [0, 0.05) is 0 Å². The molecule has 18 heavy (non-hydrogen) atoms. The second kappa shape index (κ2) is 9.98. The predicted octanol–water partition coefficient (Wildman–Crippen LogP) is -0.0247. The number of aryl methyl sites for hydroxylation is 1. The summed E-state index contributed by atoms with van der Waals surface area (Å²) in [7, 11) is 0. The van der Waals surface area contributed by atoms with E-state index in [1.54, 1.807) is 6.07 Å². The van der Waals surface area contributed by atoms with E-state index in [9.17, 15) is 9.90 Å². The van der Waals surface area contributed by atoms with Gasteiger partial charge in [-0.15, -0.1) is 0 Å². The maximum atomic E-state index is 11.2. The van der Waals surface area contributed by atoms with Crippen LogP contribution in [0.5, 0.6) is 5.75 Å². The van der Waals surface area contributed by atoms with Crippen molar-refractivity contribution in [1.29, 1.82) is 0 Å². The van der Waals surface area contributed by atoms with Crippen molar-refractivity contribution in [2.24, 2.45) is 0 Å². The molecular formula is C14H19KO3. The minimum Gasteiger partial charge on any atom is -0.872 e. The Morgan fingerprint density at radius 1 is 1.22 bits per heavy atom. The van der Waals surface area contributed by atoms with E-state index in [4.69, 9.17) is 5.11 Å². The molecular weight excluding hydrogens is 255 g/mol. The van der Waals surface area contributed by atoms with Gasteiger partial charge in [0.25, 0.3) is 0 Å². The molecule has 0 spiro atoms. The summed E-state index contributed by atoms with van der Waals surface area (Å²) in [5.41, 5.74) is 0.828. The normalized spacial score (nSPS) is 9.83. The van der Waals surface area contributed by atoms with Gasteiger partial charge in [0.15, 0.2) is 0 Å². The summed E-state index contributed by atoms with van der Waals surface area (Å²) in [6, 6.07) is 4.59. The Morgan fingerprint density at radius 2 is 1.89 bits per heavy atom. The van der Waals surface area contributed by atoms with E-state index < -0.39 is 11.7 Å². The molecule has 0 amide bonds. The summed E-state index contributed by atoms with van der Waals surface area (Å²) in [5.74, 6) is -1.55. The van der Waals surface area contributed by atoms with Crippen molar-refractivity contribution in [2.45, 2.75) is 45.4 Å². The van der Waals surface area contributed by atoms with Crippen LogP contribution in [0.15, 0.2) is 18.2 Å². The quantitative estimate of drug-likeness (QED) is 0.561. The number of carboxylic acids is 1. The van der Waals surface area contributed by atoms with Crippen LogP contribution in [0.3, 0.4) is 0 Å². The zero-order chi connectivity index (χ0) is 12.7. The molecule has 0 aliphatic rings. The molecule has 0 radical (unpaired) electrons. The van der Waals surface area contributed by atoms with Crippen molar-refractivity contribution in [3.8, 4) is 5.75 Å². The van der Waals surface area contributed by atoms with E-state index in [2.05, 4.69) is 6.92 Å². The van der Waals surface area contributed by atoms with Gasteiger partial charge < -0.3 is 10.2 Å². The summed E-state index contributed by atoms with van der Waals surface area (Å²) in [6.45, 7) is 2.17. The van der Waals surface area contributed by atoms with E-state index >= 15 is 0 Å². The van der Waals surface area contributed by atoms with Crippen molar-refractivity contribution in [1.82, 2.24) is 0 Å². The average Bonchev–Trinajstić information content (AvgIpc) is 2.30. The van der Waals surface area contributed by atoms with Crippen LogP contribution in [0.1, 0.15) is 54.9 Å². The molecule has 0 atom stereocenters. The van der Waals surface area contributed by atoms with E-state index in [1.807, 2.05) is 0 Å². The molecule has 0 aromatic heterocycles. The van der Waals surface area contributed by atoms with Crippen molar-refractivity contribution in [3.63, 3.8) is 0 Å². The third-order valence-electron chi connectivity index (χ3n) is 2.84. The van der Waals surface area contributed by atoms with Gasteiger partial charge in [0.2, 0.25) is 0 Å². The third-order valence-corrected chi connectivity index (χ3v) is 2.84. The molecule has 94 valence electrons. The fraction of sp³-hybridized carbons (Fsp3) is 0.500. The Hall–Kier alpha value is 0.126. The summed E-state index contributed by atoms with van der Waals surface area (Å²) < 4.78 is 0. The Bertz CT molecular complexity index is 377. The van der Waals surface area contributed by atoms with Gasteiger partial charge in [-0.1, -0.05) is 50.5 Å². The standard InChI is InChI=1S/C14H20O3.K/c1-2-3-4-5-6-7-11-8-9-13(15)12(10-11)14(16)17;/h8-10,15H,2-7H2,1H3,(H,16,17);/q;+1/p-1. The van der Waals surface area contributed by atoms with E-state index in [0.717, 1.165) is 24.8 Å². The smallest absolute Gasteiger partial charge is 0.872 e. The Morgan fingerprint density at radius 3 is 2.50 bits per heavy atom. The fourth-order valence-corrected chi connectivity index (χ4v) is 1.83. The molecule has 0 unspecified atom stereocenters. The number of aromatic carboxylic acids is 1. The molecule has 4 heteroatoms. The molecule has 1 aromatic rings. The van der Waals surface area contributed by atoms with Gasteiger partial charge in [0.1, 0.15) is 0 Å². The van der Waals surface area contributed by atoms with Gasteiger partial charge in [-0.3, -0.25) is 0 Å². The fourth-order valence-electron chi connectivity index (χ4n) is 1.83. The second-order valence-electron chi connectivity index (χ2n) is 4.30. The van der Waals surface area contributed by atoms with Gasteiger partial charge >= 0.3 is 57.4 Å². The van der Waals surface area contributed by atoms with Crippen molar-refractivity contribution in [3.05, 3.63) is 29.3 Å². The zero-order valence-electron chi connectivity index (χ0n) is 11.2. The molecule has 0 aliphatic heterocycles. The van der Waals surface area contributed by atoms with E-state index in [-0.39, 0.29) is 56.9 Å². The number of carbonyl (C=O) groups is 1. The SMILES string of the molecule is CCCCCCCc1ccc([O-])c(C(=O)O)c1.[K+]. The van der Waals surface area contributed by atoms with Crippen molar-refractivity contribution >= 4 is 5.97 Å². The van der Waals surface area contributed by atoms with Crippen molar-refractivity contribution in [2.75, 3.05) is 0 Å². The molecule has 0 saturated carbocycles. The molecule has 0 bridgehead atoms. The molecule has 0 heterocycles. The van der Waals surface area contributed by atoms with Crippen LogP contribution >= 0.6 is 0 Å². The van der Waals surface area contributed by atoms with Crippen LogP contribution in [0, 0.1) is 0 Å². The summed E-state index contributed by atoms with van der Waals surface area (Å²) in [6.07, 6.45) is 6.76. The third kappa shape index (κ3) is 6.34. The molecule has 3 nitrogen and oxygen atoms in total. The summed E-state index contributed by atoms with van der Waals surface area (Å²) >= 11 is 0. The summed E-state index contributed by atoms with van der Waals surface area (Å²) in [5, 5.41) is 20.1. The van der Waals surface area contributed by atoms with Crippen LogP contribution in [0.2, 0.25) is 0 Å². The number of carboxylic acid groups (broad SMARTS) is 1. The van der Waals surface area contributed by atoms with Crippen molar-refractivity contribution < 1.29 is 66.4 Å². The van der Waals surface area contributed by atoms with E-state index in [1.165, 1.54) is 31.4 Å². The Labute approximate surface area is 151 Å². The number of unbranched alkanes of at least 4 members (excludes halogenated alkanes) is 4. The van der Waals surface area contributed by atoms with Gasteiger partial charge in [-0.05, 0) is 24.5 Å². The number of rotatable bonds is 7. The van der Waals surface area contributed by atoms with Crippen LogP contribution in [-0.2, 0) is 6.42 Å². The average molecular weight is 274 g/mol. The minimum atomic E-state index is -1.14. The minimum absolute atomic E-state index is 0. The Kier molecular flexibility index (Phi) is 10.0. The first-order valence-electron chi connectivity index (χ1n) is 6.18. The van der Waals surface area contributed by atoms with Crippen LogP contribution in [0.25, 0.3) is 0 Å². The topological polar surface area (TPSA) is 60.4 Å². The van der Waals surface area contributed by atoms with Crippen LogP contribution < -0.4 is 56.5 Å². The van der Waals surface area contributed by atoms with Crippen LogP contribution in [0.4, 0.5) is 0 Å². The molecule has 0 aliphatic carbocycles. The summed E-state index contributed by atoms with van der Waals surface area (Å²) in [4.78, 5) is 10.8. The zero-order valence-corrected chi connectivity index (χ0v) is 14.4. The van der Waals surface area contributed by atoms with E-state index in [0.29, 0.717) is 0 Å². The molecule has 1 N–H and O–H groups in total. The second-order valence-corrected chi connectivity index (χ2v) is 4.30. The van der Waals surface area contributed by atoms with Crippen LogP contribution in [-0.4, -0.2) is 11.1 Å². The monoisotopic (exact) mass is 274 g/mol. The van der Waals surface area contributed by atoms with Gasteiger partial charge in [-0.2, -0.15) is 0 Å². The predicted molar refractivity (Wildman–Crippen MR) is 65.3 cm³/mol. The maximum absolute atomic E-state index is 11.2. The van der Waals surface area contributed by atoms with Gasteiger partial charge in [0.05, 0.1) is 5.56 Å². The molecule has 1 aromatic carbocycles. The first kappa shape index (κ1) is 18.1. The number of benzene rings is 1. The first-order valence-corrected chi connectivity index (χ1v) is 6.18. The molecule has 0 saturated heterocycles. The largest absolute Gasteiger partial charge is 1.00 e. The van der Waals surface area contributed by atoms with Gasteiger partial charge in [-0.25, -0.2) is 4.79 Å². The maximum Gasteiger partial charge on any atom is 1.00 e. The molecule has 1 rings (SSSR count). The number of hydrogen-bond donors (Lipinski definition) is 1. The number of hydrogen-bond acceptors (Lipinski definition) is 2. The Balaban J connectivity index is 0.00000289. The molecule has 0 fully saturated rings. The first-order chi connectivity index (χ1) is 8.15.